The van der Waals surface area contributed by atoms with Crippen LogP contribution in [0.4, 0.5) is 17.6 Å². The number of carbonyl (C=O) groups excluding carboxylic acids is 1. The van der Waals surface area contributed by atoms with Crippen LogP contribution in [0.3, 0.4) is 0 Å². The molecule has 0 aliphatic rings. The van der Waals surface area contributed by atoms with Gasteiger partial charge in [-0.2, -0.15) is 18.2 Å². The fourth-order valence-electron chi connectivity index (χ4n) is 2.52. The minimum absolute atomic E-state index is 0.000607. The van der Waals surface area contributed by atoms with Crippen molar-refractivity contribution in [2.75, 3.05) is 0 Å². The van der Waals surface area contributed by atoms with E-state index in [1.54, 1.807) is 6.07 Å². The number of hydrogen-bond acceptors (Lipinski definition) is 4. The fourth-order valence-corrected chi connectivity index (χ4v) is 2.52. The number of benzene rings is 2. The Hall–Kier alpha value is -3.49. The average molecular weight is 405 g/mol. The lowest BCUT2D eigenvalue weighted by molar-refractivity contribution is -0.117. The van der Waals surface area contributed by atoms with E-state index in [0.29, 0.717) is 11.6 Å². The number of carbonyl (C=O) groups is 1. The predicted octanol–water partition coefficient (Wildman–Crippen LogP) is 4.70. The number of allylic oxidation sites excluding steroid dienone is 1. The van der Waals surface area contributed by atoms with E-state index in [1.165, 1.54) is 55.5 Å². The van der Waals surface area contributed by atoms with Crippen molar-refractivity contribution in [3.63, 3.8) is 0 Å². The molecular formula is C20H15F4N3O2. The molecule has 1 heterocycles. The molecule has 29 heavy (non-hydrogen) atoms. The maximum atomic E-state index is 13.3. The third-order valence-electron chi connectivity index (χ3n) is 3.94. The summed E-state index contributed by atoms with van der Waals surface area (Å²) in [5.74, 6) is -1.23. The maximum Gasteiger partial charge on any atom is 0.417 e. The number of nitrogens with zero attached hydrogens (tertiary/aromatic N) is 2. The van der Waals surface area contributed by atoms with Crippen molar-refractivity contribution >= 4 is 11.5 Å². The third-order valence-corrected chi connectivity index (χ3v) is 3.94. The Balaban J connectivity index is 1.76. The highest BCUT2D eigenvalue weighted by molar-refractivity contribution is 5.96. The van der Waals surface area contributed by atoms with E-state index < -0.39 is 29.5 Å². The normalized spacial score (nSPS) is 13.2. The molecule has 1 atom stereocenters. The Labute approximate surface area is 163 Å². The molecule has 1 N–H and O–H groups in total. The van der Waals surface area contributed by atoms with Crippen LogP contribution in [0.15, 0.2) is 65.2 Å². The van der Waals surface area contributed by atoms with Gasteiger partial charge in [-0.1, -0.05) is 35.5 Å². The molecule has 3 aromatic rings. The lowest BCUT2D eigenvalue weighted by atomic mass is 10.1. The van der Waals surface area contributed by atoms with Crippen LogP contribution in [0.25, 0.3) is 17.0 Å². The minimum Gasteiger partial charge on any atom is -0.341 e. The highest BCUT2D eigenvalue weighted by Crippen LogP contribution is 2.33. The first-order valence-electron chi connectivity index (χ1n) is 8.48. The molecule has 1 unspecified atom stereocenters. The van der Waals surface area contributed by atoms with Crippen molar-refractivity contribution < 1.29 is 26.9 Å². The van der Waals surface area contributed by atoms with Gasteiger partial charge in [0.2, 0.25) is 17.6 Å². The SMILES string of the molecule is CC(NC(=O)/C=C(/c1ccccc1)C(F)(F)F)c1nc(-c2ccc(F)cc2)no1. The molecule has 1 aromatic heterocycles. The van der Waals surface area contributed by atoms with Crippen LogP contribution >= 0.6 is 0 Å². The van der Waals surface area contributed by atoms with E-state index in [2.05, 4.69) is 15.5 Å². The molecule has 0 aliphatic heterocycles. The zero-order chi connectivity index (χ0) is 21.0. The van der Waals surface area contributed by atoms with Crippen LogP contribution in [0.5, 0.6) is 0 Å². The van der Waals surface area contributed by atoms with E-state index in [0.717, 1.165) is 0 Å². The van der Waals surface area contributed by atoms with E-state index in [1.807, 2.05) is 0 Å². The molecule has 0 aliphatic carbocycles. The summed E-state index contributed by atoms with van der Waals surface area (Å²) in [6.45, 7) is 1.49. The summed E-state index contributed by atoms with van der Waals surface area (Å²) in [6, 6.07) is 11.5. The molecule has 0 bridgehead atoms. The Bertz CT molecular complexity index is 1010. The molecule has 9 heteroatoms. The summed E-state index contributed by atoms with van der Waals surface area (Å²) in [5, 5.41) is 6.11. The number of halogens is 4. The zero-order valence-corrected chi connectivity index (χ0v) is 15.1. The minimum atomic E-state index is -4.71. The van der Waals surface area contributed by atoms with Gasteiger partial charge < -0.3 is 9.84 Å². The Morgan fingerprint density at radius 3 is 2.38 bits per heavy atom. The summed E-state index contributed by atoms with van der Waals surface area (Å²) in [4.78, 5) is 16.2. The van der Waals surface area contributed by atoms with Crippen LogP contribution in [-0.2, 0) is 4.79 Å². The fraction of sp³-hybridized carbons (Fsp3) is 0.150. The molecule has 0 radical (unpaired) electrons. The second-order valence-corrected chi connectivity index (χ2v) is 6.12. The van der Waals surface area contributed by atoms with Crippen molar-refractivity contribution in [2.45, 2.75) is 19.1 Å². The van der Waals surface area contributed by atoms with Gasteiger partial charge in [0.1, 0.15) is 11.9 Å². The van der Waals surface area contributed by atoms with E-state index in [-0.39, 0.29) is 17.3 Å². The molecule has 1 amide bonds. The standard InChI is InChI=1S/C20H15F4N3O2/c1-12(19-26-18(27-29-19)14-7-9-15(21)10-8-14)25-17(28)11-16(20(22,23)24)13-5-3-2-4-6-13/h2-12H,1H3,(H,25,28)/b16-11-. The van der Waals surface area contributed by atoms with Gasteiger partial charge in [0, 0.05) is 11.6 Å². The molecule has 5 nitrogen and oxygen atoms in total. The number of nitrogens with one attached hydrogen (secondary N) is 1. The Morgan fingerprint density at radius 2 is 1.76 bits per heavy atom. The van der Waals surface area contributed by atoms with Crippen molar-refractivity contribution in [1.82, 2.24) is 15.5 Å². The van der Waals surface area contributed by atoms with Gasteiger partial charge in [-0.05, 0) is 36.8 Å². The van der Waals surface area contributed by atoms with Crippen molar-refractivity contribution in [1.29, 1.82) is 0 Å². The van der Waals surface area contributed by atoms with Gasteiger partial charge in [0.15, 0.2) is 0 Å². The average Bonchev–Trinajstić information content (AvgIpc) is 3.17. The summed E-state index contributed by atoms with van der Waals surface area (Å²) in [6.07, 6.45) is -4.22. The number of hydrogen-bond donors (Lipinski definition) is 1. The van der Waals surface area contributed by atoms with Crippen molar-refractivity contribution in [3.05, 3.63) is 77.9 Å². The maximum absolute atomic E-state index is 13.3. The van der Waals surface area contributed by atoms with Crippen LogP contribution in [-0.4, -0.2) is 22.2 Å². The monoisotopic (exact) mass is 405 g/mol. The van der Waals surface area contributed by atoms with E-state index >= 15 is 0 Å². The van der Waals surface area contributed by atoms with Crippen LogP contribution < -0.4 is 5.32 Å². The van der Waals surface area contributed by atoms with Crippen molar-refractivity contribution in [2.24, 2.45) is 0 Å². The first kappa shape index (κ1) is 20.2. The number of alkyl halides is 3. The molecule has 2 aromatic carbocycles. The molecule has 150 valence electrons. The zero-order valence-electron chi connectivity index (χ0n) is 15.1. The number of rotatable bonds is 5. The van der Waals surface area contributed by atoms with Crippen LogP contribution in [0.1, 0.15) is 24.4 Å². The first-order valence-corrected chi connectivity index (χ1v) is 8.48. The quantitative estimate of drug-likeness (QED) is 0.494. The summed E-state index contributed by atoms with van der Waals surface area (Å²) in [5.41, 5.74) is -0.706. The van der Waals surface area contributed by atoms with Gasteiger partial charge in [-0.25, -0.2) is 4.39 Å². The van der Waals surface area contributed by atoms with Crippen molar-refractivity contribution in [3.8, 4) is 11.4 Å². The van der Waals surface area contributed by atoms with E-state index in [9.17, 15) is 22.4 Å². The third kappa shape index (κ3) is 5.07. The van der Waals surface area contributed by atoms with Gasteiger partial charge in [-0.15, -0.1) is 0 Å². The van der Waals surface area contributed by atoms with Crippen LogP contribution in [0.2, 0.25) is 0 Å². The highest BCUT2D eigenvalue weighted by Gasteiger charge is 2.35. The number of aromatic nitrogens is 2. The largest absolute Gasteiger partial charge is 0.417 e. The lowest BCUT2D eigenvalue weighted by Gasteiger charge is -2.13. The molecular weight excluding hydrogens is 390 g/mol. The van der Waals surface area contributed by atoms with Gasteiger partial charge in [0.25, 0.3) is 0 Å². The van der Waals surface area contributed by atoms with Gasteiger partial charge >= 0.3 is 6.18 Å². The van der Waals surface area contributed by atoms with E-state index in [4.69, 9.17) is 4.52 Å². The van der Waals surface area contributed by atoms with Gasteiger partial charge in [0.05, 0.1) is 5.57 Å². The topological polar surface area (TPSA) is 68.0 Å². The second kappa shape index (κ2) is 8.26. The summed E-state index contributed by atoms with van der Waals surface area (Å²) < 4.78 is 58.0. The molecule has 0 saturated heterocycles. The Kier molecular flexibility index (Phi) is 5.76. The highest BCUT2D eigenvalue weighted by atomic mass is 19.4. The number of amides is 1. The Morgan fingerprint density at radius 1 is 1.10 bits per heavy atom. The summed E-state index contributed by atoms with van der Waals surface area (Å²) in [7, 11) is 0. The van der Waals surface area contributed by atoms with Crippen LogP contribution in [0, 0.1) is 5.82 Å². The first-order chi connectivity index (χ1) is 13.7. The smallest absolute Gasteiger partial charge is 0.341 e. The summed E-state index contributed by atoms with van der Waals surface area (Å²) >= 11 is 0. The van der Waals surface area contributed by atoms with Gasteiger partial charge in [-0.3, -0.25) is 4.79 Å². The molecule has 3 rings (SSSR count). The predicted molar refractivity (Wildman–Crippen MR) is 96.7 cm³/mol. The molecule has 0 saturated carbocycles. The second-order valence-electron chi connectivity index (χ2n) is 6.12. The lowest BCUT2D eigenvalue weighted by Crippen LogP contribution is -2.26. The molecule has 0 fully saturated rings. The molecule has 0 spiro atoms.